The van der Waals surface area contributed by atoms with Gasteiger partial charge in [-0.05, 0) is 51.7 Å². The van der Waals surface area contributed by atoms with Gasteiger partial charge in [-0.2, -0.15) is 0 Å². The van der Waals surface area contributed by atoms with Crippen LogP contribution in [0.3, 0.4) is 0 Å². The zero-order valence-electron chi connectivity index (χ0n) is 24.8. The largest absolute Gasteiger partial charge is 0.394 e. The van der Waals surface area contributed by atoms with Crippen molar-refractivity contribution in [3.63, 3.8) is 0 Å². The van der Waals surface area contributed by atoms with Gasteiger partial charge in [0, 0.05) is 34.4 Å². The monoisotopic (exact) mass is 645 g/mol. The summed E-state index contributed by atoms with van der Waals surface area (Å²) >= 11 is 5.49. The highest BCUT2D eigenvalue weighted by Crippen LogP contribution is 2.68. The van der Waals surface area contributed by atoms with E-state index < -0.39 is 34.2 Å². The Labute approximate surface area is 257 Å². The van der Waals surface area contributed by atoms with Crippen LogP contribution in [0.15, 0.2) is 55.6 Å². The summed E-state index contributed by atoms with van der Waals surface area (Å²) < 4.78 is -0.793. The van der Waals surface area contributed by atoms with E-state index in [1.807, 2.05) is 65.0 Å². The molecule has 7 atom stereocenters. The average molecular weight is 647 g/mol. The number of rotatable bonds is 11. The zero-order chi connectivity index (χ0) is 30.3. The second kappa shape index (κ2) is 12.3. The van der Waals surface area contributed by atoms with E-state index in [9.17, 15) is 19.5 Å². The van der Waals surface area contributed by atoms with E-state index in [1.54, 1.807) is 38.6 Å². The third kappa shape index (κ3) is 5.54. The second-order valence-corrected chi connectivity index (χ2v) is 15.6. The minimum Gasteiger partial charge on any atom is -0.394 e. The van der Waals surface area contributed by atoms with Gasteiger partial charge in [-0.15, -0.1) is 24.9 Å². The smallest absolute Gasteiger partial charge is 0.247 e. The molecule has 0 radical (unpaired) electrons. The van der Waals surface area contributed by atoms with Crippen LogP contribution in [0.2, 0.25) is 0 Å². The molecule has 1 aromatic rings. The first-order chi connectivity index (χ1) is 19.3. The molecular formula is C32H44BrN3O4S. The molecule has 1 N–H and O–H groups in total. The first kappa shape index (κ1) is 31.8. The van der Waals surface area contributed by atoms with Gasteiger partial charge >= 0.3 is 0 Å². The summed E-state index contributed by atoms with van der Waals surface area (Å²) in [6, 6.07) is 8.13. The predicted molar refractivity (Wildman–Crippen MR) is 170 cm³/mol. The van der Waals surface area contributed by atoms with E-state index in [0.29, 0.717) is 25.9 Å². The molecule has 0 aromatic heterocycles. The number of fused-ring (bicyclic) bond motifs is 1. The Morgan fingerprint density at radius 3 is 2.34 bits per heavy atom. The maximum absolute atomic E-state index is 14.7. The van der Waals surface area contributed by atoms with Gasteiger partial charge in [0.05, 0.1) is 29.2 Å². The van der Waals surface area contributed by atoms with E-state index in [0.717, 1.165) is 5.69 Å². The van der Waals surface area contributed by atoms with Crippen molar-refractivity contribution in [1.29, 1.82) is 0 Å². The van der Waals surface area contributed by atoms with Gasteiger partial charge in [-0.1, -0.05) is 60.1 Å². The Hall–Kier alpha value is -2.10. The highest BCUT2D eigenvalue weighted by molar-refractivity contribution is 9.09. The van der Waals surface area contributed by atoms with Crippen molar-refractivity contribution in [1.82, 2.24) is 9.80 Å². The molecule has 3 heterocycles. The van der Waals surface area contributed by atoms with Gasteiger partial charge in [0.15, 0.2) is 0 Å². The number of para-hydroxylation sites is 1. The van der Waals surface area contributed by atoms with Crippen molar-refractivity contribution >= 4 is 51.1 Å². The Morgan fingerprint density at radius 1 is 1.17 bits per heavy atom. The fourth-order valence-corrected chi connectivity index (χ4v) is 10.6. The highest BCUT2D eigenvalue weighted by atomic mass is 79.9. The molecule has 2 bridgehead atoms. The number of benzene rings is 1. The molecule has 3 aliphatic rings. The molecule has 4 rings (SSSR count). The van der Waals surface area contributed by atoms with Gasteiger partial charge in [-0.25, -0.2) is 0 Å². The van der Waals surface area contributed by atoms with Gasteiger partial charge < -0.3 is 19.8 Å². The van der Waals surface area contributed by atoms with Crippen molar-refractivity contribution in [3.05, 3.63) is 55.6 Å². The third-order valence-corrected chi connectivity index (χ3v) is 11.8. The average Bonchev–Trinajstić information content (AvgIpc) is 3.51. The maximum atomic E-state index is 14.7. The third-order valence-electron chi connectivity index (χ3n) is 8.63. The molecule has 1 spiro atoms. The number of nitrogens with zero attached hydrogens (tertiary/aromatic N) is 3. The fourth-order valence-electron chi connectivity index (χ4n) is 7.05. The van der Waals surface area contributed by atoms with Gasteiger partial charge in [-0.3, -0.25) is 14.4 Å². The number of likely N-dealkylation sites (tertiary alicyclic amines) is 1. The minimum absolute atomic E-state index is 0.0396. The van der Waals surface area contributed by atoms with E-state index in [-0.39, 0.29) is 40.3 Å². The van der Waals surface area contributed by atoms with E-state index >= 15 is 0 Å². The van der Waals surface area contributed by atoms with Crippen LogP contribution in [-0.2, 0) is 14.4 Å². The van der Waals surface area contributed by atoms with Gasteiger partial charge in [0.25, 0.3) is 0 Å². The minimum atomic E-state index is -0.799. The van der Waals surface area contributed by atoms with Crippen molar-refractivity contribution in [3.8, 4) is 0 Å². The molecule has 3 fully saturated rings. The van der Waals surface area contributed by atoms with Crippen LogP contribution in [0.25, 0.3) is 0 Å². The number of amides is 3. The SMILES string of the molecule is C=CCN(C(=O)[C@H]1[C@H]2C(=O)N([C@@H](CO)CC(C)C)C(C(=O)N(CC=C)C(C)(C)C)C23CC(Br)[C@@H]1S3)c1ccccc1. The summed E-state index contributed by atoms with van der Waals surface area (Å²) in [4.78, 5) is 48.9. The molecule has 3 amide bonds. The topological polar surface area (TPSA) is 81.2 Å². The molecule has 7 nitrogen and oxygen atoms in total. The summed E-state index contributed by atoms with van der Waals surface area (Å²) in [7, 11) is 0. The number of carbonyl (C=O) groups is 3. The fraction of sp³-hybridized carbons (Fsp3) is 0.594. The number of hydrogen-bond donors (Lipinski definition) is 1. The standard InChI is InChI=1S/C32H44BrN3O4S/c1-8-15-34(21-13-11-10-12-14-21)28(38)24-25-29(39)36(22(19-37)17-20(3)4)27(32(25)18-23(33)26(24)41-32)30(40)35(16-9-2)31(5,6)7/h8-14,20,22-27,37H,1-2,15-19H2,3-7H3/t22-,23?,24+,25+,26+,27?,32?/m1/s1. The molecular weight excluding hydrogens is 602 g/mol. The number of carbonyl (C=O) groups excluding carboxylic acids is 3. The first-order valence-electron chi connectivity index (χ1n) is 14.5. The summed E-state index contributed by atoms with van der Waals surface area (Å²) in [5, 5.41) is 10.4. The number of hydrogen-bond acceptors (Lipinski definition) is 5. The number of halogens is 1. The van der Waals surface area contributed by atoms with Gasteiger partial charge in [0.1, 0.15) is 6.04 Å². The molecule has 1 aromatic carbocycles. The second-order valence-electron chi connectivity index (χ2n) is 12.9. The summed E-state index contributed by atoms with van der Waals surface area (Å²) in [5.41, 5.74) is 0.234. The zero-order valence-corrected chi connectivity index (χ0v) is 27.2. The van der Waals surface area contributed by atoms with Crippen LogP contribution in [0.5, 0.6) is 0 Å². The molecule has 0 saturated carbocycles. The number of thioether (sulfide) groups is 1. The highest BCUT2D eigenvalue weighted by Gasteiger charge is 2.76. The Morgan fingerprint density at radius 2 is 1.80 bits per heavy atom. The Kier molecular flexibility index (Phi) is 9.51. The molecule has 3 unspecified atom stereocenters. The predicted octanol–water partition coefficient (Wildman–Crippen LogP) is 4.89. The van der Waals surface area contributed by atoms with E-state index in [1.165, 1.54) is 0 Å². The van der Waals surface area contributed by atoms with Crippen molar-refractivity contribution in [2.75, 3.05) is 24.6 Å². The van der Waals surface area contributed by atoms with Crippen LogP contribution >= 0.6 is 27.7 Å². The number of aliphatic hydroxyl groups excluding tert-OH is 1. The molecule has 41 heavy (non-hydrogen) atoms. The van der Waals surface area contributed by atoms with Crippen molar-refractivity contribution < 1.29 is 19.5 Å². The summed E-state index contributed by atoms with van der Waals surface area (Å²) in [6.45, 7) is 18.2. The lowest BCUT2D eigenvalue weighted by atomic mass is 9.70. The number of aliphatic hydroxyl groups is 1. The first-order valence-corrected chi connectivity index (χ1v) is 16.3. The van der Waals surface area contributed by atoms with Crippen LogP contribution in [0, 0.1) is 17.8 Å². The van der Waals surface area contributed by atoms with Gasteiger partial charge in [0.2, 0.25) is 17.7 Å². The van der Waals surface area contributed by atoms with Crippen LogP contribution in [-0.4, -0.2) is 84.8 Å². The Bertz CT molecular complexity index is 1170. The lowest BCUT2D eigenvalue weighted by Crippen LogP contribution is -2.61. The summed E-state index contributed by atoms with van der Waals surface area (Å²) in [6.07, 6.45) is 4.56. The number of anilines is 1. The summed E-state index contributed by atoms with van der Waals surface area (Å²) in [5.74, 6) is -1.57. The maximum Gasteiger partial charge on any atom is 0.247 e. The lowest BCUT2D eigenvalue weighted by molar-refractivity contribution is -0.148. The van der Waals surface area contributed by atoms with E-state index in [4.69, 9.17) is 0 Å². The van der Waals surface area contributed by atoms with Crippen LogP contribution < -0.4 is 4.90 Å². The van der Waals surface area contributed by atoms with E-state index in [2.05, 4.69) is 29.1 Å². The molecule has 3 saturated heterocycles. The van der Waals surface area contributed by atoms with Crippen molar-refractivity contribution in [2.24, 2.45) is 17.8 Å². The molecule has 0 aliphatic carbocycles. The lowest BCUT2D eigenvalue weighted by Gasteiger charge is -2.44. The molecule has 3 aliphatic heterocycles. The van der Waals surface area contributed by atoms with Crippen molar-refractivity contribution in [2.45, 2.75) is 79.9 Å². The molecule has 224 valence electrons. The van der Waals surface area contributed by atoms with Crippen LogP contribution in [0.4, 0.5) is 5.69 Å². The Balaban J connectivity index is 1.86. The normalized spacial score (nSPS) is 29.4. The quantitative estimate of drug-likeness (QED) is 0.274. The van der Waals surface area contributed by atoms with Crippen LogP contribution in [0.1, 0.15) is 47.5 Å². The molecule has 9 heteroatoms. The number of alkyl halides is 1.